The van der Waals surface area contributed by atoms with Crippen LogP contribution in [0.15, 0.2) is 66.8 Å². The van der Waals surface area contributed by atoms with Crippen molar-refractivity contribution in [1.29, 1.82) is 0 Å². The average molecular weight is 413 g/mol. The van der Waals surface area contributed by atoms with Gasteiger partial charge in [-0.3, -0.25) is 0 Å². The molecule has 0 amide bonds. The highest BCUT2D eigenvalue weighted by Crippen LogP contribution is 2.35. The van der Waals surface area contributed by atoms with Gasteiger partial charge in [0.1, 0.15) is 5.82 Å². The molecule has 0 atom stereocenters. The molecule has 2 nitrogen and oxygen atoms in total. The SMILES string of the molecule is C=C(C)CCC(C)(CCC)CCC.C=C/C=C\C=C(C)C.CCc1cccc(N)n1. The van der Waals surface area contributed by atoms with Crippen LogP contribution in [-0.4, -0.2) is 4.98 Å². The highest BCUT2D eigenvalue weighted by Gasteiger charge is 2.21. The zero-order valence-electron chi connectivity index (χ0n) is 20.9. The number of allylic oxidation sites excluding steroid dienone is 6. The van der Waals surface area contributed by atoms with E-state index in [0.717, 1.165) is 12.1 Å². The fourth-order valence-electron chi connectivity index (χ4n) is 3.12. The first kappa shape index (κ1) is 30.1. The van der Waals surface area contributed by atoms with Crippen molar-refractivity contribution in [3.63, 3.8) is 0 Å². The molecule has 30 heavy (non-hydrogen) atoms. The summed E-state index contributed by atoms with van der Waals surface area (Å²) in [4.78, 5) is 4.07. The van der Waals surface area contributed by atoms with Crippen LogP contribution < -0.4 is 5.73 Å². The standard InChI is InChI=1S/C13H26.C8H12.C7H10N2/c1-6-9-13(5,10-7-2)11-8-12(3)4;1-4-5-6-7-8(2)3;1-2-6-4-3-5-7(8)9-6/h3,6-11H2,1-2,4-5H3;4-7H,1H2,2-3H3;3-5H,2H2,1H3,(H2,8,9)/b;6-5-;. The Bertz CT molecular complexity index is 628. The highest BCUT2D eigenvalue weighted by molar-refractivity contribution is 5.28. The van der Waals surface area contributed by atoms with Crippen molar-refractivity contribution in [2.45, 2.75) is 93.4 Å². The van der Waals surface area contributed by atoms with E-state index in [1.165, 1.54) is 49.7 Å². The van der Waals surface area contributed by atoms with Gasteiger partial charge in [-0.15, -0.1) is 6.58 Å². The maximum atomic E-state index is 5.42. The van der Waals surface area contributed by atoms with Crippen molar-refractivity contribution < 1.29 is 0 Å². The van der Waals surface area contributed by atoms with E-state index >= 15 is 0 Å². The summed E-state index contributed by atoms with van der Waals surface area (Å²) in [6.45, 7) is 22.8. The van der Waals surface area contributed by atoms with E-state index in [-0.39, 0.29) is 0 Å². The first-order valence-electron chi connectivity index (χ1n) is 11.4. The Balaban J connectivity index is 0. The normalized spacial score (nSPS) is 10.4. The molecule has 0 fully saturated rings. The Hall–Kier alpha value is -2.09. The van der Waals surface area contributed by atoms with Crippen LogP contribution in [0.2, 0.25) is 0 Å². The van der Waals surface area contributed by atoms with Gasteiger partial charge in [0.2, 0.25) is 0 Å². The van der Waals surface area contributed by atoms with Gasteiger partial charge in [-0.1, -0.05) is 88.6 Å². The molecule has 0 aliphatic rings. The summed E-state index contributed by atoms with van der Waals surface area (Å²) in [6.07, 6.45) is 16.5. The molecule has 1 rings (SSSR count). The van der Waals surface area contributed by atoms with Gasteiger partial charge in [-0.25, -0.2) is 4.98 Å². The Kier molecular flexibility index (Phi) is 19.0. The summed E-state index contributed by atoms with van der Waals surface area (Å²) in [5.41, 5.74) is 9.69. The van der Waals surface area contributed by atoms with E-state index in [4.69, 9.17) is 5.73 Å². The minimum atomic E-state index is 0.572. The fraction of sp³-hybridized carbons (Fsp3) is 0.536. The molecule has 0 aliphatic heterocycles. The number of aryl methyl sites for hydroxylation is 1. The smallest absolute Gasteiger partial charge is 0.123 e. The lowest BCUT2D eigenvalue weighted by Gasteiger charge is -2.29. The molecule has 0 unspecified atom stereocenters. The van der Waals surface area contributed by atoms with Gasteiger partial charge in [0.15, 0.2) is 0 Å². The maximum Gasteiger partial charge on any atom is 0.123 e. The number of nitrogens with zero attached hydrogens (tertiary/aromatic N) is 1. The van der Waals surface area contributed by atoms with Crippen LogP contribution in [0.5, 0.6) is 0 Å². The monoisotopic (exact) mass is 412 g/mol. The Morgan fingerprint density at radius 1 is 1.03 bits per heavy atom. The highest BCUT2D eigenvalue weighted by atomic mass is 14.8. The van der Waals surface area contributed by atoms with Crippen molar-refractivity contribution in [2.75, 3.05) is 5.73 Å². The predicted molar refractivity (Wildman–Crippen MR) is 139 cm³/mol. The third-order valence-electron chi connectivity index (χ3n) is 4.73. The molecule has 0 saturated carbocycles. The summed E-state index contributed by atoms with van der Waals surface area (Å²) in [6, 6.07) is 5.68. The zero-order chi connectivity index (χ0) is 23.4. The Morgan fingerprint density at radius 2 is 1.63 bits per heavy atom. The van der Waals surface area contributed by atoms with Crippen molar-refractivity contribution in [3.8, 4) is 0 Å². The number of hydrogen-bond acceptors (Lipinski definition) is 2. The van der Waals surface area contributed by atoms with Crippen LogP contribution in [-0.2, 0) is 6.42 Å². The number of aromatic nitrogens is 1. The molecule has 1 aromatic rings. The van der Waals surface area contributed by atoms with Gasteiger partial charge in [0.25, 0.3) is 0 Å². The quantitative estimate of drug-likeness (QED) is 0.308. The van der Waals surface area contributed by atoms with E-state index in [2.05, 4.69) is 66.6 Å². The third kappa shape index (κ3) is 19.2. The lowest BCUT2D eigenvalue weighted by molar-refractivity contribution is 0.244. The van der Waals surface area contributed by atoms with Gasteiger partial charge < -0.3 is 5.73 Å². The number of nitrogen functional groups attached to an aromatic ring is 1. The minimum absolute atomic E-state index is 0.572. The topological polar surface area (TPSA) is 38.9 Å². The van der Waals surface area contributed by atoms with Gasteiger partial charge >= 0.3 is 0 Å². The molecular weight excluding hydrogens is 364 g/mol. The number of anilines is 1. The Labute approximate surface area is 188 Å². The number of hydrogen-bond donors (Lipinski definition) is 1. The van der Waals surface area contributed by atoms with Crippen molar-refractivity contribution in [1.82, 2.24) is 4.98 Å². The molecule has 0 spiro atoms. The van der Waals surface area contributed by atoms with E-state index in [1.807, 2.05) is 30.4 Å². The van der Waals surface area contributed by atoms with Crippen LogP contribution >= 0.6 is 0 Å². The molecule has 2 N–H and O–H groups in total. The second-order valence-corrected chi connectivity index (χ2v) is 8.54. The lowest BCUT2D eigenvalue weighted by Crippen LogP contribution is -2.15. The summed E-state index contributed by atoms with van der Waals surface area (Å²) in [7, 11) is 0. The minimum Gasteiger partial charge on any atom is -0.384 e. The average Bonchev–Trinajstić information content (AvgIpc) is 2.68. The summed E-state index contributed by atoms with van der Waals surface area (Å²) in [5, 5.41) is 0. The number of nitrogens with two attached hydrogens (primary N) is 1. The van der Waals surface area contributed by atoms with Crippen LogP contribution in [0.3, 0.4) is 0 Å². The lowest BCUT2D eigenvalue weighted by atomic mass is 9.77. The zero-order valence-corrected chi connectivity index (χ0v) is 20.9. The second-order valence-electron chi connectivity index (χ2n) is 8.54. The van der Waals surface area contributed by atoms with Crippen LogP contribution in [0, 0.1) is 5.41 Å². The van der Waals surface area contributed by atoms with Crippen molar-refractivity contribution in [3.05, 3.63) is 72.5 Å². The first-order chi connectivity index (χ1) is 14.1. The molecule has 0 radical (unpaired) electrons. The molecule has 1 heterocycles. The van der Waals surface area contributed by atoms with Gasteiger partial charge in [0, 0.05) is 5.69 Å². The summed E-state index contributed by atoms with van der Waals surface area (Å²) < 4.78 is 0. The molecule has 170 valence electrons. The Morgan fingerprint density at radius 3 is 2.00 bits per heavy atom. The second kappa shape index (κ2) is 18.9. The van der Waals surface area contributed by atoms with Gasteiger partial charge in [0.05, 0.1) is 0 Å². The van der Waals surface area contributed by atoms with Crippen LogP contribution in [0.25, 0.3) is 0 Å². The van der Waals surface area contributed by atoms with E-state index in [9.17, 15) is 0 Å². The van der Waals surface area contributed by atoms with Gasteiger partial charge in [-0.2, -0.15) is 0 Å². The number of rotatable bonds is 10. The molecule has 0 aromatic carbocycles. The molecule has 0 bridgehead atoms. The van der Waals surface area contributed by atoms with Gasteiger partial charge in [-0.05, 0) is 70.4 Å². The maximum absolute atomic E-state index is 5.42. The van der Waals surface area contributed by atoms with Crippen molar-refractivity contribution >= 4 is 5.82 Å². The van der Waals surface area contributed by atoms with Crippen LogP contribution in [0.4, 0.5) is 5.82 Å². The predicted octanol–water partition coefficient (Wildman–Crippen LogP) is 8.87. The molecule has 0 saturated heterocycles. The molecule has 0 aliphatic carbocycles. The largest absolute Gasteiger partial charge is 0.384 e. The third-order valence-corrected chi connectivity index (χ3v) is 4.73. The summed E-state index contributed by atoms with van der Waals surface area (Å²) in [5.74, 6) is 0.606. The molecule has 2 heteroatoms. The molecule has 1 aromatic heterocycles. The first-order valence-corrected chi connectivity index (χ1v) is 11.4. The fourth-order valence-corrected chi connectivity index (χ4v) is 3.12. The van der Waals surface area contributed by atoms with Crippen molar-refractivity contribution in [2.24, 2.45) is 5.41 Å². The summed E-state index contributed by atoms with van der Waals surface area (Å²) >= 11 is 0. The van der Waals surface area contributed by atoms with E-state index in [0.29, 0.717) is 11.2 Å². The number of pyridine rings is 1. The van der Waals surface area contributed by atoms with E-state index < -0.39 is 0 Å². The van der Waals surface area contributed by atoms with Crippen LogP contribution in [0.1, 0.15) is 92.7 Å². The molecular formula is C28H48N2. The van der Waals surface area contributed by atoms with E-state index in [1.54, 1.807) is 12.1 Å².